The van der Waals surface area contributed by atoms with Crippen LogP contribution in [0.4, 0.5) is 39.8 Å². The first kappa shape index (κ1) is 36.4. The number of benzene rings is 4. The Labute approximate surface area is 305 Å². The Hall–Kier alpha value is -8.43. The van der Waals surface area contributed by atoms with Crippen LogP contribution in [-0.2, 0) is 19.2 Å². The number of hydrazone groups is 2. The summed E-state index contributed by atoms with van der Waals surface area (Å²) in [6.07, 6.45) is 0. The van der Waals surface area contributed by atoms with Crippen LogP contribution in [0, 0.1) is 20.2 Å². The molecule has 2 aliphatic heterocycles. The monoisotopic (exact) mass is 747 g/mol. The molecule has 0 aromatic heterocycles. The Balaban J connectivity index is 1.08. The van der Waals surface area contributed by atoms with E-state index < -0.39 is 63.0 Å². The highest BCUT2D eigenvalue weighted by atomic mass is 16.6. The van der Waals surface area contributed by atoms with Crippen molar-refractivity contribution in [2.24, 2.45) is 30.7 Å². The first-order valence-corrected chi connectivity index (χ1v) is 15.4. The van der Waals surface area contributed by atoms with Gasteiger partial charge in [-0.1, -0.05) is 12.1 Å². The van der Waals surface area contributed by atoms with Crippen molar-refractivity contribution in [3.63, 3.8) is 0 Å². The Bertz CT molecular complexity index is 2410. The summed E-state index contributed by atoms with van der Waals surface area (Å²) in [4.78, 5) is 83.4. The maximum atomic E-state index is 13.0. The molecule has 4 aromatic rings. The van der Waals surface area contributed by atoms with E-state index in [9.17, 15) is 54.4 Å². The third-order valence-corrected chi connectivity index (χ3v) is 7.66. The molecule has 0 radical (unpaired) electrons. The molecule has 0 saturated carbocycles. The fraction of sp³-hybridized carbons (Fsp3) is 0.0606. The number of rotatable bonds is 12. The Morgan fingerprint density at radius 3 is 1.47 bits per heavy atom. The van der Waals surface area contributed by atoms with E-state index >= 15 is 0 Å². The SMILES string of the molecule is O=C(O)C1=NN(c2cccc([N+](=O)[O-])c2)C(=O)C1N=Nc1ccc(NC(=O)c2ccc(N=NC3C(=O)N(c4cccc([N+](=O)[O-])c4)N=C3C(=O)O)cc2)cc1. The van der Waals surface area contributed by atoms with Crippen molar-refractivity contribution in [3.05, 3.63) is 123 Å². The van der Waals surface area contributed by atoms with E-state index in [0.717, 1.165) is 12.1 Å². The van der Waals surface area contributed by atoms with Crippen LogP contribution in [0.25, 0.3) is 0 Å². The number of carboxylic acid groups (broad SMARTS) is 2. The third kappa shape index (κ3) is 7.76. The number of nitrogens with one attached hydrogen (secondary N) is 1. The Morgan fingerprint density at radius 1 is 0.655 bits per heavy atom. The van der Waals surface area contributed by atoms with Gasteiger partial charge in [-0.15, -0.1) is 0 Å². The van der Waals surface area contributed by atoms with Gasteiger partial charge in [-0.2, -0.15) is 40.7 Å². The molecule has 22 nitrogen and oxygen atoms in total. The van der Waals surface area contributed by atoms with Crippen molar-refractivity contribution in [2.75, 3.05) is 15.3 Å². The molecule has 2 heterocycles. The summed E-state index contributed by atoms with van der Waals surface area (Å²) >= 11 is 0. The molecule has 2 atom stereocenters. The molecule has 0 bridgehead atoms. The van der Waals surface area contributed by atoms with Crippen LogP contribution in [-0.4, -0.2) is 73.2 Å². The second kappa shape index (κ2) is 15.0. The highest BCUT2D eigenvalue weighted by Gasteiger charge is 2.42. The molecule has 2 aliphatic rings. The van der Waals surface area contributed by atoms with Gasteiger partial charge >= 0.3 is 11.9 Å². The third-order valence-electron chi connectivity index (χ3n) is 7.66. The number of hydrogen-bond donors (Lipinski definition) is 3. The lowest BCUT2D eigenvalue weighted by molar-refractivity contribution is -0.385. The van der Waals surface area contributed by atoms with Gasteiger partial charge in [-0.3, -0.25) is 34.6 Å². The van der Waals surface area contributed by atoms with Crippen LogP contribution < -0.4 is 15.3 Å². The predicted molar refractivity (Wildman–Crippen MR) is 189 cm³/mol. The minimum absolute atomic E-state index is 0.0340. The number of nitro groups is 2. The molecule has 0 fully saturated rings. The van der Waals surface area contributed by atoms with Gasteiger partial charge in [-0.25, -0.2) is 9.59 Å². The maximum Gasteiger partial charge on any atom is 0.355 e. The molecule has 3 N–H and O–H groups in total. The molecule has 6 rings (SSSR count). The predicted octanol–water partition coefficient (Wildman–Crippen LogP) is 4.63. The van der Waals surface area contributed by atoms with Crippen molar-refractivity contribution >= 4 is 80.9 Å². The number of carbonyl (C=O) groups is 5. The molecule has 0 aliphatic carbocycles. The highest BCUT2D eigenvalue weighted by molar-refractivity contribution is 6.46. The van der Waals surface area contributed by atoms with Crippen molar-refractivity contribution in [2.45, 2.75) is 12.1 Å². The minimum Gasteiger partial charge on any atom is -0.477 e. The van der Waals surface area contributed by atoms with Crippen molar-refractivity contribution in [3.8, 4) is 0 Å². The quantitative estimate of drug-likeness (QED) is 0.102. The van der Waals surface area contributed by atoms with Crippen molar-refractivity contribution in [1.29, 1.82) is 0 Å². The molecule has 2 unspecified atom stereocenters. The molecule has 0 spiro atoms. The molecular formula is C33H21N11O11. The topological polar surface area (TPSA) is 305 Å². The molecule has 0 saturated heterocycles. The average molecular weight is 748 g/mol. The zero-order chi connectivity index (χ0) is 39.4. The van der Waals surface area contributed by atoms with Crippen molar-refractivity contribution < 1.29 is 44.0 Å². The lowest BCUT2D eigenvalue weighted by Gasteiger charge is -2.11. The number of amides is 3. The van der Waals surface area contributed by atoms with Gasteiger partial charge in [0.2, 0.25) is 12.1 Å². The second-order valence-corrected chi connectivity index (χ2v) is 11.2. The zero-order valence-corrected chi connectivity index (χ0v) is 27.4. The molecule has 22 heteroatoms. The first-order valence-electron chi connectivity index (χ1n) is 15.4. The van der Waals surface area contributed by atoms with E-state index in [0.29, 0.717) is 15.7 Å². The van der Waals surface area contributed by atoms with E-state index in [2.05, 4.69) is 36.0 Å². The number of carbonyl (C=O) groups excluding carboxylic acids is 3. The average Bonchev–Trinajstić information content (AvgIpc) is 3.69. The summed E-state index contributed by atoms with van der Waals surface area (Å²) in [5.41, 5.74) is -1.21. The summed E-state index contributed by atoms with van der Waals surface area (Å²) in [5.74, 6) is -5.44. The number of nitrogens with zero attached hydrogens (tertiary/aromatic N) is 10. The summed E-state index contributed by atoms with van der Waals surface area (Å²) in [6.45, 7) is 0. The highest BCUT2D eigenvalue weighted by Crippen LogP contribution is 2.29. The number of aliphatic carboxylic acids is 2. The van der Waals surface area contributed by atoms with Crippen LogP contribution >= 0.6 is 0 Å². The molecular weight excluding hydrogens is 726 g/mol. The number of azo groups is 2. The lowest BCUT2D eigenvalue weighted by Crippen LogP contribution is -2.33. The maximum absolute atomic E-state index is 13.0. The molecule has 4 aromatic carbocycles. The van der Waals surface area contributed by atoms with Gasteiger partial charge in [0.1, 0.15) is 0 Å². The Kier molecular flexibility index (Phi) is 9.95. The van der Waals surface area contributed by atoms with E-state index in [-0.39, 0.29) is 39.7 Å². The fourth-order valence-electron chi connectivity index (χ4n) is 5.01. The van der Waals surface area contributed by atoms with Gasteiger partial charge in [0.15, 0.2) is 11.4 Å². The number of hydrogen-bond acceptors (Lipinski definition) is 15. The lowest BCUT2D eigenvalue weighted by atomic mass is 10.2. The van der Waals surface area contributed by atoms with Gasteiger partial charge in [0, 0.05) is 35.5 Å². The summed E-state index contributed by atoms with van der Waals surface area (Å²) in [5, 5.41) is 68.6. The molecule has 55 heavy (non-hydrogen) atoms. The van der Waals surface area contributed by atoms with E-state index in [4.69, 9.17) is 0 Å². The van der Waals surface area contributed by atoms with Gasteiger partial charge in [0.25, 0.3) is 29.1 Å². The second-order valence-electron chi connectivity index (χ2n) is 11.2. The van der Waals surface area contributed by atoms with E-state index in [1.54, 1.807) is 0 Å². The van der Waals surface area contributed by atoms with Gasteiger partial charge in [-0.05, 0) is 60.7 Å². The van der Waals surface area contributed by atoms with Crippen molar-refractivity contribution in [1.82, 2.24) is 0 Å². The van der Waals surface area contributed by atoms with Crippen LogP contribution in [0.1, 0.15) is 10.4 Å². The molecule has 3 amide bonds. The first-order chi connectivity index (χ1) is 26.3. The standard InChI is InChI=1S/C33H21N11O11/c45-29(17-7-9-19(10-8-17)35-37-25-27(32(48)49)39-41(30(25)46)21-3-1-5-23(15-21)43(52)53)34-18-11-13-20(14-12-18)36-38-26-28(33(50)51)40-42(31(26)47)22-4-2-6-24(16-22)44(54)55/h1-16,25-26H,(H,34,45)(H,48,49)(H,50,51). The summed E-state index contributed by atoms with van der Waals surface area (Å²) in [7, 11) is 0. The minimum atomic E-state index is -1.65. The summed E-state index contributed by atoms with van der Waals surface area (Å²) in [6, 6.07) is 17.8. The van der Waals surface area contributed by atoms with Crippen LogP contribution in [0.3, 0.4) is 0 Å². The van der Waals surface area contributed by atoms with Gasteiger partial charge < -0.3 is 15.5 Å². The van der Waals surface area contributed by atoms with Crippen LogP contribution in [0.5, 0.6) is 0 Å². The Morgan fingerprint density at radius 2 is 1.07 bits per heavy atom. The summed E-state index contributed by atoms with van der Waals surface area (Å²) < 4.78 is 0. The smallest absolute Gasteiger partial charge is 0.355 e. The van der Waals surface area contributed by atoms with E-state index in [1.807, 2.05) is 0 Å². The molecule has 274 valence electrons. The van der Waals surface area contributed by atoms with Crippen LogP contribution in [0.2, 0.25) is 0 Å². The zero-order valence-electron chi connectivity index (χ0n) is 27.4. The normalized spacial score (nSPS) is 16.7. The van der Waals surface area contributed by atoms with E-state index in [1.165, 1.54) is 84.9 Å². The number of nitro benzene ring substituents is 2. The fourth-order valence-corrected chi connectivity index (χ4v) is 5.01. The largest absolute Gasteiger partial charge is 0.477 e. The number of non-ortho nitro benzene ring substituents is 2. The number of anilines is 3. The van der Waals surface area contributed by atoms with Crippen LogP contribution in [0.15, 0.2) is 128 Å². The van der Waals surface area contributed by atoms with Gasteiger partial charge in [0.05, 0.1) is 32.6 Å². The number of carboxylic acids is 2.